The number of fused-ring (bicyclic) bond motifs is 6. The summed E-state index contributed by atoms with van der Waals surface area (Å²) in [5.74, 6) is 0.703. The van der Waals surface area contributed by atoms with E-state index in [2.05, 4.69) is 204 Å². The monoisotopic (exact) mass is 695 g/mol. The predicted octanol–water partition coefficient (Wildman–Crippen LogP) is 13.0. The fourth-order valence-corrected chi connectivity index (χ4v) is 8.85. The van der Waals surface area contributed by atoms with E-state index in [1.165, 1.54) is 71.6 Å². The molecular weight excluding hydrogens is 655 g/mol. The number of rotatable bonds is 5. The van der Waals surface area contributed by atoms with E-state index in [0.717, 1.165) is 11.1 Å². The molecule has 0 aromatic heterocycles. The van der Waals surface area contributed by atoms with Gasteiger partial charge in [-0.05, 0) is 135 Å². The van der Waals surface area contributed by atoms with Crippen molar-refractivity contribution in [3.63, 3.8) is 0 Å². The number of hydrogen-bond acceptors (Lipinski definition) is 2. The molecular formula is C52H41NO. The molecule has 2 nitrogen and oxygen atoms in total. The highest BCUT2D eigenvalue weighted by atomic mass is 16.5. The van der Waals surface area contributed by atoms with Crippen LogP contribution in [-0.4, -0.2) is 17.0 Å². The molecule has 0 saturated heterocycles. The molecule has 2 heteroatoms. The zero-order valence-electron chi connectivity index (χ0n) is 31.1. The molecule has 0 amide bonds. The van der Waals surface area contributed by atoms with E-state index in [9.17, 15) is 0 Å². The van der Waals surface area contributed by atoms with Crippen molar-refractivity contribution < 1.29 is 4.74 Å². The molecule has 1 aliphatic carbocycles. The van der Waals surface area contributed by atoms with E-state index in [1.54, 1.807) is 0 Å². The molecule has 1 aliphatic heterocycles. The molecule has 0 atom stereocenters. The third-order valence-corrected chi connectivity index (χ3v) is 12.3. The lowest BCUT2D eigenvalue weighted by molar-refractivity contribution is 0.0619. The Labute approximate surface area is 317 Å². The van der Waals surface area contributed by atoms with Crippen LogP contribution < -0.4 is 0 Å². The van der Waals surface area contributed by atoms with Crippen molar-refractivity contribution in [2.45, 2.75) is 44.2 Å². The van der Waals surface area contributed by atoms with Gasteiger partial charge in [0.2, 0.25) is 5.90 Å². The number of benzene rings is 8. The second-order valence-corrected chi connectivity index (χ2v) is 15.9. The number of hydrogen-bond donors (Lipinski definition) is 0. The summed E-state index contributed by atoms with van der Waals surface area (Å²) in [6.45, 7) is 8.54. The predicted molar refractivity (Wildman–Crippen MR) is 225 cm³/mol. The number of ether oxygens (including phenoxy) is 1. The fourth-order valence-electron chi connectivity index (χ4n) is 8.85. The van der Waals surface area contributed by atoms with Crippen LogP contribution in [0, 0.1) is 0 Å². The van der Waals surface area contributed by atoms with Gasteiger partial charge in [-0.2, -0.15) is 0 Å². The molecule has 0 radical (unpaired) electrons. The van der Waals surface area contributed by atoms with Crippen LogP contribution in [0.15, 0.2) is 181 Å². The van der Waals surface area contributed by atoms with Gasteiger partial charge in [0.25, 0.3) is 0 Å². The highest BCUT2D eigenvalue weighted by Gasteiger charge is 2.48. The molecule has 0 spiro atoms. The highest BCUT2D eigenvalue weighted by molar-refractivity contribution is 6.11. The Kier molecular flexibility index (Phi) is 7.13. The molecule has 54 heavy (non-hydrogen) atoms. The van der Waals surface area contributed by atoms with Crippen molar-refractivity contribution in [1.29, 1.82) is 0 Å². The number of nitrogens with zero attached hydrogens (tertiary/aromatic N) is 1. The third-order valence-electron chi connectivity index (χ3n) is 12.3. The van der Waals surface area contributed by atoms with Crippen LogP contribution in [0.4, 0.5) is 0 Å². The molecule has 0 fully saturated rings. The van der Waals surface area contributed by atoms with Crippen molar-refractivity contribution in [3.8, 4) is 33.4 Å². The lowest BCUT2D eigenvalue weighted by Crippen LogP contribution is -2.41. The van der Waals surface area contributed by atoms with E-state index in [1.807, 2.05) is 0 Å². The Morgan fingerprint density at radius 1 is 0.426 bits per heavy atom. The first-order valence-corrected chi connectivity index (χ1v) is 19.0. The molecule has 0 bridgehead atoms. The summed E-state index contributed by atoms with van der Waals surface area (Å²) in [6.07, 6.45) is 0. The van der Waals surface area contributed by atoms with Gasteiger partial charge in [0.1, 0.15) is 5.60 Å². The standard InChI is InChI=1S/C52H41NO/c1-50(2)51(3,4)54-49(53-50)39-19-15-18-38(31-39)45-33-47-48(43-25-14-13-24-42(43)45)44-29-28-37(36-27-26-34-16-11-12-17-35(34)30-36)32-46(44)52(47,40-20-7-5-8-21-40)41-22-9-6-10-23-41/h5-33H,1-4H3. The van der Waals surface area contributed by atoms with Gasteiger partial charge in [-0.25, -0.2) is 4.99 Å². The molecule has 2 aliphatic rings. The van der Waals surface area contributed by atoms with Crippen molar-refractivity contribution in [2.24, 2.45) is 4.99 Å². The smallest absolute Gasteiger partial charge is 0.217 e. The normalized spacial score (nSPS) is 16.1. The van der Waals surface area contributed by atoms with Crippen LogP contribution in [0.1, 0.15) is 55.5 Å². The van der Waals surface area contributed by atoms with Crippen LogP contribution in [0.5, 0.6) is 0 Å². The second kappa shape index (κ2) is 11.9. The maximum atomic E-state index is 6.51. The molecule has 10 rings (SSSR count). The van der Waals surface area contributed by atoms with E-state index < -0.39 is 11.0 Å². The molecule has 0 saturated carbocycles. The molecule has 1 heterocycles. The number of aliphatic imine (C=N–C) groups is 1. The summed E-state index contributed by atoms with van der Waals surface area (Å²) in [5.41, 5.74) is 12.1. The first-order valence-electron chi connectivity index (χ1n) is 19.0. The van der Waals surface area contributed by atoms with E-state index in [-0.39, 0.29) is 5.54 Å². The van der Waals surface area contributed by atoms with Gasteiger partial charge < -0.3 is 4.74 Å². The van der Waals surface area contributed by atoms with Crippen molar-refractivity contribution in [3.05, 3.63) is 204 Å². The van der Waals surface area contributed by atoms with Crippen LogP contribution >= 0.6 is 0 Å². The minimum absolute atomic E-state index is 0.332. The Balaban J connectivity index is 1.27. The highest BCUT2D eigenvalue weighted by Crippen LogP contribution is 2.59. The Morgan fingerprint density at radius 3 is 1.74 bits per heavy atom. The largest absolute Gasteiger partial charge is 0.469 e. The average molecular weight is 696 g/mol. The first kappa shape index (κ1) is 32.4. The average Bonchev–Trinajstić information content (AvgIpc) is 3.63. The van der Waals surface area contributed by atoms with Gasteiger partial charge in [0.05, 0.1) is 11.0 Å². The lowest BCUT2D eigenvalue weighted by Gasteiger charge is -2.34. The summed E-state index contributed by atoms with van der Waals surface area (Å²) < 4.78 is 6.51. The van der Waals surface area contributed by atoms with Crippen molar-refractivity contribution in [1.82, 2.24) is 0 Å². The quantitative estimate of drug-likeness (QED) is 0.176. The van der Waals surface area contributed by atoms with E-state index in [0.29, 0.717) is 5.90 Å². The van der Waals surface area contributed by atoms with Crippen LogP contribution in [0.25, 0.3) is 54.9 Å². The first-order chi connectivity index (χ1) is 26.2. The second-order valence-electron chi connectivity index (χ2n) is 15.9. The summed E-state index contributed by atoms with van der Waals surface area (Å²) in [4.78, 5) is 5.07. The minimum atomic E-state index is -0.566. The molecule has 0 unspecified atom stereocenters. The van der Waals surface area contributed by atoms with E-state index >= 15 is 0 Å². The molecule has 8 aromatic carbocycles. The SMILES string of the molecule is CC1(C)N=C(c2cccc(-c3cc4c(c5ccccc35)-c3ccc(-c5ccc6ccccc6c5)cc3C4(c3ccccc3)c3ccccc3)c2)OC1(C)C. The molecule has 260 valence electrons. The van der Waals surface area contributed by atoms with Gasteiger partial charge in [-0.15, -0.1) is 0 Å². The maximum absolute atomic E-state index is 6.51. The van der Waals surface area contributed by atoms with Gasteiger partial charge in [-0.3, -0.25) is 0 Å². The Bertz CT molecular complexity index is 2750. The van der Waals surface area contributed by atoms with Gasteiger partial charge in [0.15, 0.2) is 0 Å². The van der Waals surface area contributed by atoms with Crippen molar-refractivity contribution >= 4 is 27.4 Å². The maximum Gasteiger partial charge on any atom is 0.217 e. The topological polar surface area (TPSA) is 21.6 Å². The Hall–Kier alpha value is -6.25. The van der Waals surface area contributed by atoms with Crippen LogP contribution in [-0.2, 0) is 10.2 Å². The lowest BCUT2D eigenvalue weighted by atomic mass is 9.67. The fraction of sp³-hybridized carbons (Fsp3) is 0.135. The van der Waals surface area contributed by atoms with Gasteiger partial charge in [0, 0.05) is 5.56 Å². The van der Waals surface area contributed by atoms with Crippen LogP contribution in [0.3, 0.4) is 0 Å². The summed E-state index contributed by atoms with van der Waals surface area (Å²) >= 11 is 0. The summed E-state index contributed by atoms with van der Waals surface area (Å²) in [7, 11) is 0. The molecule has 0 N–H and O–H groups in total. The van der Waals surface area contributed by atoms with Crippen LogP contribution in [0.2, 0.25) is 0 Å². The zero-order valence-corrected chi connectivity index (χ0v) is 31.1. The zero-order chi connectivity index (χ0) is 36.7. The minimum Gasteiger partial charge on any atom is -0.469 e. The van der Waals surface area contributed by atoms with Gasteiger partial charge in [-0.1, -0.05) is 146 Å². The summed E-state index contributed by atoms with van der Waals surface area (Å²) in [5, 5.41) is 4.97. The third kappa shape index (κ3) is 4.76. The molecule has 8 aromatic rings. The van der Waals surface area contributed by atoms with E-state index in [4.69, 9.17) is 9.73 Å². The van der Waals surface area contributed by atoms with Gasteiger partial charge >= 0.3 is 0 Å². The summed E-state index contributed by atoms with van der Waals surface area (Å²) in [6, 6.07) is 65.0. The van der Waals surface area contributed by atoms with Crippen molar-refractivity contribution in [2.75, 3.05) is 0 Å². The Morgan fingerprint density at radius 2 is 1.04 bits per heavy atom.